The van der Waals surface area contributed by atoms with E-state index in [4.69, 9.17) is 5.84 Å². The number of rotatable bonds is 3. The number of aromatic nitrogens is 1. The molecule has 1 aromatic heterocycles. The Morgan fingerprint density at radius 2 is 2.47 bits per heavy atom. The Labute approximate surface area is 102 Å². The summed E-state index contributed by atoms with van der Waals surface area (Å²) in [5.41, 5.74) is 0.787. The summed E-state index contributed by atoms with van der Waals surface area (Å²) >= 11 is 5.10. The largest absolute Gasteiger partial charge is 0.370 e. The van der Waals surface area contributed by atoms with Crippen LogP contribution in [0.5, 0.6) is 0 Å². The maximum absolute atomic E-state index is 5.28. The van der Waals surface area contributed by atoms with Crippen LogP contribution in [0.25, 0.3) is 0 Å². The first-order valence-electron chi connectivity index (χ1n) is 4.47. The second kappa shape index (κ2) is 5.97. The molecule has 0 atom stereocenters. The van der Waals surface area contributed by atoms with Crippen LogP contribution in [0.3, 0.4) is 0 Å². The van der Waals surface area contributed by atoms with Crippen LogP contribution in [-0.4, -0.2) is 23.6 Å². The molecule has 1 aromatic rings. The fourth-order valence-corrected chi connectivity index (χ4v) is 2.40. The SMILES string of the molecule is CCSc1cc(Br)cnc1/C(=N/N)NC. The summed E-state index contributed by atoms with van der Waals surface area (Å²) in [5, 5.41) is 6.58. The molecule has 0 amide bonds. The van der Waals surface area contributed by atoms with Gasteiger partial charge in [0.1, 0.15) is 5.69 Å². The Morgan fingerprint density at radius 1 is 1.73 bits per heavy atom. The molecule has 0 unspecified atom stereocenters. The summed E-state index contributed by atoms with van der Waals surface area (Å²) in [6.07, 6.45) is 1.73. The van der Waals surface area contributed by atoms with E-state index in [9.17, 15) is 0 Å². The molecule has 15 heavy (non-hydrogen) atoms. The standard InChI is InChI=1S/C9H13BrN4S/c1-3-15-7-4-6(10)5-13-8(7)9(12-2)14-11/h4-5H,3,11H2,1-2H3,(H,12,14). The van der Waals surface area contributed by atoms with Gasteiger partial charge in [-0.05, 0) is 27.7 Å². The molecule has 0 saturated carbocycles. The summed E-state index contributed by atoms with van der Waals surface area (Å²) < 4.78 is 0.953. The van der Waals surface area contributed by atoms with E-state index in [-0.39, 0.29) is 0 Å². The zero-order valence-electron chi connectivity index (χ0n) is 8.62. The van der Waals surface area contributed by atoms with Gasteiger partial charge in [0.2, 0.25) is 0 Å². The van der Waals surface area contributed by atoms with Crippen LogP contribution >= 0.6 is 27.7 Å². The van der Waals surface area contributed by atoms with Crippen LogP contribution in [0.15, 0.2) is 26.7 Å². The van der Waals surface area contributed by atoms with Crippen molar-refractivity contribution in [2.75, 3.05) is 12.8 Å². The number of hydrazone groups is 1. The summed E-state index contributed by atoms with van der Waals surface area (Å²) in [6.45, 7) is 2.09. The normalized spacial score (nSPS) is 11.5. The number of hydrogen-bond donors (Lipinski definition) is 2. The zero-order valence-corrected chi connectivity index (χ0v) is 11.0. The second-order valence-corrected chi connectivity index (χ2v) is 4.88. The van der Waals surface area contributed by atoms with E-state index < -0.39 is 0 Å². The van der Waals surface area contributed by atoms with Crippen molar-refractivity contribution in [1.82, 2.24) is 10.3 Å². The third kappa shape index (κ3) is 3.10. The lowest BCUT2D eigenvalue weighted by atomic mass is 10.3. The number of thioether (sulfide) groups is 1. The number of nitrogens with zero attached hydrogens (tertiary/aromatic N) is 2. The minimum atomic E-state index is 0.596. The van der Waals surface area contributed by atoms with E-state index in [0.29, 0.717) is 5.84 Å². The van der Waals surface area contributed by atoms with Gasteiger partial charge >= 0.3 is 0 Å². The Bertz CT molecular complexity index is 367. The van der Waals surface area contributed by atoms with Gasteiger partial charge < -0.3 is 11.2 Å². The molecule has 1 rings (SSSR count). The van der Waals surface area contributed by atoms with Crippen molar-refractivity contribution in [3.05, 3.63) is 22.4 Å². The van der Waals surface area contributed by atoms with Crippen LogP contribution in [0.1, 0.15) is 12.6 Å². The van der Waals surface area contributed by atoms with Crippen molar-refractivity contribution in [2.24, 2.45) is 10.9 Å². The number of nitrogens with two attached hydrogens (primary N) is 1. The molecule has 3 N–H and O–H groups in total. The minimum Gasteiger partial charge on any atom is -0.370 e. The Hall–Kier alpha value is -0.750. The highest BCUT2D eigenvalue weighted by Crippen LogP contribution is 2.24. The van der Waals surface area contributed by atoms with Gasteiger partial charge in [0.15, 0.2) is 5.84 Å². The smallest absolute Gasteiger partial charge is 0.172 e. The molecule has 4 nitrogen and oxygen atoms in total. The maximum Gasteiger partial charge on any atom is 0.172 e. The average molecular weight is 289 g/mol. The minimum absolute atomic E-state index is 0.596. The van der Waals surface area contributed by atoms with Gasteiger partial charge in [0, 0.05) is 22.6 Å². The molecule has 0 aliphatic heterocycles. The first-order chi connectivity index (χ1) is 7.22. The van der Waals surface area contributed by atoms with Gasteiger partial charge in [-0.15, -0.1) is 11.8 Å². The van der Waals surface area contributed by atoms with Crippen LogP contribution in [0.4, 0.5) is 0 Å². The Kier molecular flexibility index (Phi) is 4.90. The third-order valence-electron chi connectivity index (χ3n) is 1.71. The van der Waals surface area contributed by atoms with Crippen molar-refractivity contribution < 1.29 is 0 Å². The van der Waals surface area contributed by atoms with Crippen LogP contribution in [-0.2, 0) is 0 Å². The number of nitrogens with one attached hydrogen (secondary N) is 1. The second-order valence-electron chi connectivity index (χ2n) is 2.66. The highest BCUT2D eigenvalue weighted by atomic mass is 79.9. The first-order valence-corrected chi connectivity index (χ1v) is 6.25. The lowest BCUT2D eigenvalue weighted by Gasteiger charge is -2.09. The van der Waals surface area contributed by atoms with Gasteiger partial charge in [0.05, 0.1) is 0 Å². The Balaban J connectivity index is 3.15. The number of halogens is 1. The van der Waals surface area contributed by atoms with Gasteiger partial charge in [-0.25, -0.2) is 0 Å². The molecular weight excluding hydrogens is 276 g/mol. The van der Waals surface area contributed by atoms with Gasteiger partial charge in [0.25, 0.3) is 0 Å². The molecule has 1 heterocycles. The molecule has 0 fully saturated rings. The van der Waals surface area contributed by atoms with Crippen molar-refractivity contribution >= 4 is 33.5 Å². The molecule has 0 aliphatic rings. The molecule has 0 aromatic carbocycles. The van der Waals surface area contributed by atoms with Gasteiger partial charge in [-0.3, -0.25) is 4.98 Å². The first kappa shape index (κ1) is 12.3. The average Bonchev–Trinajstić information content (AvgIpc) is 2.23. The predicted octanol–water partition coefficient (Wildman–Crippen LogP) is 1.80. The van der Waals surface area contributed by atoms with Crippen LogP contribution in [0.2, 0.25) is 0 Å². The van der Waals surface area contributed by atoms with E-state index in [1.165, 1.54) is 0 Å². The fraction of sp³-hybridized carbons (Fsp3) is 0.333. The quantitative estimate of drug-likeness (QED) is 0.293. The molecular formula is C9H13BrN4S. The Morgan fingerprint density at radius 3 is 3.00 bits per heavy atom. The number of amidine groups is 1. The van der Waals surface area contributed by atoms with E-state index in [1.54, 1.807) is 25.0 Å². The summed E-state index contributed by atoms with van der Waals surface area (Å²) in [7, 11) is 1.77. The highest BCUT2D eigenvalue weighted by Gasteiger charge is 2.10. The van der Waals surface area contributed by atoms with Gasteiger partial charge in [-0.1, -0.05) is 6.92 Å². The molecule has 0 bridgehead atoms. The van der Waals surface area contributed by atoms with Crippen LogP contribution in [0, 0.1) is 0 Å². The molecule has 6 heteroatoms. The number of hydrogen-bond acceptors (Lipinski definition) is 4. The molecule has 82 valence electrons. The van der Waals surface area contributed by atoms with Crippen molar-refractivity contribution in [3.8, 4) is 0 Å². The summed E-state index contributed by atoms with van der Waals surface area (Å²) in [6, 6.07) is 2.01. The van der Waals surface area contributed by atoms with Crippen molar-refractivity contribution in [1.29, 1.82) is 0 Å². The lowest BCUT2D eigenvalue weighted by molar-refractivity contribution is 1.06. The molecule has 0 spiro atoms. The molecule has 0 aliphatic carbocycles. The molecule has 0 radical (unpaired) electrons. The monoisotopic (exact) mass is 288 g/mol. The van der Waals surface area contributed by atoms with E-state index in [0.717, 1.165) is 20.8 Å². The lowest BCUT2D eigenvalue weighted by Crippen LogP contribution is -2.23. The summed E-state index contributed by atoms with van der Waals surface area (Å²) in [5.74, 6) is 6.86. The predicted molar refractivity (Wildman–Crippen MR) is 68.1 cm³/mol. The van der Waals surface area contributed by atoms with E-state index in [1.807, 2.05) is 6.07 Å². The maximum atomic E-state index is 5.28. The van der Waals surface area contributed by atoms with Gasteiger partial charge in [-0.2, -0.15) is 5.10 Å². The fourth-order valence-electron chi connectivity index (χ4n) is 1.11. The third-order valence-corrected chi connectivity index (χ3v) is 3.05. The summed E-state index contributed by atoms with van der Waals surface area (Å²) in [4.78, 5) is 5.36. The van der Waals surface area contributed by atoms with E-state index in [2.05, 4.69) is 38.3 Å². The van der Waals surface area contributed by atoms with Crippen molar-refractivity contribution in [3.63, 3.8) is 0 Å². The van der Waals surface area contributed by atoms with Crippen molar-refractivity contribution in [2.45, 2.75) is 11.8 Å². The molecule has 0 saturated heterocycles. The number of pyridine rings is 1. The van der Waals surface area contributed by atoms with E-state index >= 15 is 0 Å². The van der Waals surface area contributed by atoms with Crippen LogP contribution < -0.4 is 11.2 Å². The topological polar surface area (TPSA) is 63.3 Å². The highest BCUT2D eigenvalue weighted by molar-refractivity contribution is 9.10. The zero-order chi connectivity index (χ0) is 11.3.